The van der Waals surface area contributed by atoms with Crippen LogP contribution in [-0.2, 0) is 4.74 Å². The molecule has 1 amide bonds. The summed E-state index contributed by atoms with van der Waals surface area (Å²) in [5.41, 5.74) is 4.51. The molecule has 2 aromatic carbocycles. The zero-order valence-corrected chi connectivity index (χ0v) is 16.1. The Kier molecular flexibility index (Phi) is 6.70. The number of rotatable bonds is 8. The van der Waals surface area contributed by atoms with E-state index in [9.17, 15) is 4.79 Å². The van der Waals surface area contributed by atoms with E-state index in [1.54, 1.807) is 19.2 Å². The van der Waals surface area contributed by atoms with Gasteiger partial charge in [-0.15, -0.1) is 10.2 Å². The number of aryl methyl sites for hydroxylation is 1. The molecule has 0 aliphatic heterocycles. The number of anilines is 2. The number of methoxy groups -OCH3 is 1. The molecule has 2 N–H and O–H groups in total. The van der Waals surface area contributed by atoms with Crippen molar-refractivity contribution in [3.05, 3.63) is 71.8 Å². The highest BCUT2D eigenvalue weighted by Crippen LogP contribution is 2.20. The van der Waals surface area contributed by atoms with Gasteiger partial charge in [-0.05, 0) is 55.8 Å². The lowest BCUT2D eigenvalue weighted by Crippen LogP contribution is -2.25. The van der Waals surface area contributed by atoms with Gasteiger partial charge in [0.15, 0.2) is 5.82 Å². The van der Waals surface area contributed by atoms with Gasteiger partial charge < -0.3 is 15.4 Å². The van der Waals surface area contributed by atoms with Gasteiger partial charge in [-0.3, -0.25) is 4.79 Å². The Balaban J connectivity index is 1.59. The molecule has 0 saturated carbocycles. The number of carbonyl (C=O) groups is 1. The lowest BCUT2D eigenvalue weighted by Gasteiger charge is -2.08. The molecule has 0 bridgehead atoms. The lowest BCUT2D eigenvalue weighted by molar-refractivity contribution is 0.0948. The standard InChI is InChI=1S/C22H24N4O2/c1-16-5-3-6-18(15-16)20-11-12-21(26-25-20)24-19-9-7-17(8-10-19)22(27)23-13-4-14-28-2/h3,5-12,15H,4,13-14H2,1-2H3,(H,23,27)(H,24,26). The molecule has 1 aromatic heterocycles. The van der Waals surface area contributed by atoms with Crippen LogP contribution in [0.3, 0.4) is 0 Å². The van der Waals surface area contributed by atoms with Gasteiger partial charge in [-0.1, -0.05) is 23.8 Å². The highest BCUT2D eigenvalue weighted by atomic mass is 16.5. The molecule has 0 radical (unpaired) electrons. The number of aromatic nitrogens is 2. The van der Waals surface area contributed by atoms with Crippen LogP contribution in [-0.4, -0.2) is 36.4 Å². The normalized spacial score (nSPS) is 10.5. The largest absolute Gasteiger partial charge is 0.385 e. The van der Waals surface area contributed by atoms with Crippen LogP contribution in [0.25, 0.3) is 11.3 Å². The first-order chi connectivity index (χ1) is 13.7. The summed E-state index contributed by atoms with van der Waals surface area (Å²) in [7, 11) is 1.65. The average Bonchev–Trinajstić information content (AvgIpc) is 2.72. The fourth-order valence-electron chi connectivity index (χ4n) is 2.73. The van der Waals surface area contributed by atoms with Crippen LogP contribution < -0.4 is 10.6 Å². The highest BCUT2D eigenvalue weighted by molar-refractivity contribution is 5.94. The van der Waals surface area contributed by atoms with E-state index in [0.717, 1.165) is 23.4 Å². The second-order valence-electron chi connectivity index (χ2n) is 6.48. The molecule has 0 fully saturated rings. The van der Waals surface area contributed by atoms with Gasteiger partial charge in [-0.25, -0.2) is 0 Å². The second-order valence-corrected chi connectivity index (χ2v) is 6.48. The maximum absolute atomic E-state index is 12.1. The molecule has 3 rings (SSSR count). The Morgan fingerprint density at radius 2 is 1.86 bits per heavy atom. The maximum Gasteiger partial charge on any atom is 0.251 e. The minimum Gasteiger partial charge on any atom is -0.385 e. The van der Waals surface area contributed by atoms with Crippen molar-refractivity contribution in [3.8, 4) is 11.3 Å². The SMILES string of the molecule is COCCCNC(=O)c1ccc(Nc2ccc(-c3cccc(C)c3)nn2)cc1. The van der Waals surface area contributed by atoms with E-state index in [1.165, 1.54) is 5.56 Å². The van der Waals surface area contributed by atoms with Crippen molar-refractivity contribution in [3.63, 3.8) is 0 Å². The third-order valence-electron chi connectivity index (χ3n) is 4.21. The summed E-state index contributed by atoms with van der Waals surface area (Å²) in [5.74, 6) is 0.554. The lowest BCUT2D eigenvalue weighted by atomic mass is 10.1. The molecule has 6 heteroatoms. The van der Waals surface area contributed by atoms with E-state index in [-0.39, 0.29) is 5.91 Å². The summed E-state index contributed by atoms with van der Waals surface area (Å²) >= 11 is 0. The summed E-state index contributed by atoms with van der Waals surface area (Å²) in [6, 6.07) is 19.2. The zero-order valence-electron chi connectivity index (χ0n) is 16.1. The van der Waals surface area contributed by atoms with Crippen molar-refractivity contribution in [2.75, 3.05) is 25.6 Å². The maximum atomic E-state index is 12.1. The fraction of sp³-hybridized carbons (Fsp3) is 0.227. The van der Waals surface area contributed by atoms with Gasteiger partial charge in [0.05, 0.1) is 5.69 Å². The molecule has 28 heavy (non-hydrogen) atoms. The van der Waals surface area contributed by atoms with E-state index in [2.05, 4.69) is 39.9 Å². The first-order valence-electron chi connectivity index (χ1n) is 9.21. The molecule has 3 aromatic rings. The second kappa shape index (κ2) is 9.62. The Morgan fingerprint density at radius 3 is 2.54 bits per heavy atom. The molecule has 0 saturated heterocycles. The van der Waals surface area contributed by atoms with Gasteiger partial charge in [0.2, 0.25) is 0 Å². The number of benzene rings is 2. The Hall–Kier alpha value is -3.25. The average molecular weight is 376 g/mol. The summed E-state index contributed by atoms with van der Waals surface area (Å²) in [5, 5.41) is 14.6. The minimum absolute atomic E-state index is 0.0926. The zero-order chi connectivity index (χ0) is 19.8. The molecule has 1 heterocycles. The number of ether oxygens (including phenoxy) is 1. The third kappa shape index (κ3) is 5.37. The molecule has 0 spiro atoms. The van der Waals surface area contributed by atoms with Gasteiger partial charge in [0.25, 0.3) is 5.91 Å². The van der Waals surface area contributed by atoms with Gasteiger partial charge >= 0.3 is 0 Å². The van der Waals surface area contributed by atoms with Gasteiger partial charge in [-0.2, -0.15) is 0 Å². The number of carbonyl (C=O) groups excluding carboxylic acids is 1. The first-order valence-corrected chi connectivity index (χ1v) is 9.21. The van der Waals surface area contributed by atoms with E-state index in [1.807, 2.05) is 36.4 Å². The van der Waals surface area contributed by atoms with Gasteiger partial charge in [0, 0.05) is 37.1 Å². The topological polar surface area (TPSA) is 76.1 Å². The fourth-order valence-corrected chi connectivity index (χ4v) is 2.73. The first kappa shape index (κ1) is 19.5. The predicted octanol–water partition coefficient (Wildman–Crippen LogP) is 3.96. The van der Waals surface area contributed by atoms with Crippen molar-refractivity contribution in [2.45, 2.75) is 13.3 Å². The summed E-state index contributed by atoms with van der Waals surface area (Å²) < 4.78 is 4.97. The van der Waals surface area contributed by atoms with E-state index >= 15 is 0 Å². The predicted molar refractivity (Wildman–Crippen MR) is 111 cm³/mol. The number of hydrogen-bond donors (Lipinski definition) is 2. The van der Waals surface area contributed by atoms with Gasteiger partial charge in [0.1, 0.15) is 0 Å². The molecule has 0 unspecified atom stereocenters. The van der Waals surface area contributed by atoms with Crippen molar-refractivity contribution in [1.82, 2.24) is 15.5 Å². The molecule has 0 aliphatic carbocycles. The molecule has 0 aliphatic rings. The van der Waals surface area contributed by atoms with E-state index < -0.39 is 0 Å². The van der Waals surface area contributed by atoms with Crippen LogP contribution >= 0.6 is 0 Å². The summed E-state index contributed by atoms with van der Waals surface area (Å²) in [4.78, 5) is 12.1. The molecular formula is C22H24N4O2. The summed E-state index contributed by atoms with van der Waals surface area (Å²) in [6.07, 6.45) is 0.791. The van der Waals surface area contributed by atoms with E-state index in [4.69, 9.17) is 4.74 Å². The van der Waals surface area contributed by atoms with Crippen LogP contribution in [0.1, 0.15) is 22.3 Å². The molecular weight excluding hydrogens is 352 g/mol. The smallest absolute Gasteiger partial charge is 0.251 e. The van der Waals surface area contributed by atoms with E-state index in [0.29, 0.717) is 24.5 Å². The number of hydrogen-bond acceptors (Lipinski definition) is 5. The number of nitrogens with zero attached hydrogens (tertiary/aromatic N) is 2. The molecule has 0 atom stereocenters. The quantitative estimate of drug-likeness (QED) is 0.582. The monoisotopic (exact) mass is 376 g/mol. The third-order valence-corrected chi connectivity index (χ3v) is 4.21. The number of nitrogens with one attached hydrogen (secondary N) is 2. The highest BCUT2D eigenvalue weighted by Gasteiger charge is 2.06. The van der Waals surface area contributed by atoms with Crippen LogP contribution in [0.2, 0.25) is 0 Å². The molecule has 144 valence electrons. The summed E-state index contributed by atoms with van der Waals surface area (Å²) in [6.45, 7) is 3.28. The molecule has 6 nitrogen and oxygen atoms in total. The van der Waals surface area contributed by atoms with Crippen molar-refractivity contribution >= 4 is 17.4 Å². The van der Waals surface area contributed by atoms with Crippen LogP contribution in [0.15, 0.2) is 60.7 Å². The van der Waals surface area contributed by atoms with Crippen molar-refractivity contribution in [1.29, 1.82) is 0 Å². The Morgan fingerprint density at radius 1 is 1.04 bits per heavy atom. The van der Waals surface area contributed by atoms with Crippen molar-refractivity contribution < 1.29 is 9.53 Å². The Bertz CT molecular complexity index is 909. The van der Waals surface area contributed by atoms with Crippen LogP contribution in [0.5, 0.6) is 0 Å². The van der Waals surface area contributed by atoms with Crippen molar-refractivity contribution in [2.24, 2.45) is 0 Å². The number of amides is 1. The van der Waals surface area contributed by atoms with Crippen LogP contribution in [0, 0.1) is 6.92 Å². The minimum atomic E-state index is -0.0926. The van der Waals surface area contributed by atoms with Crippen LogP contribution in [0.4, 0.5) is 11.5 Å². The Labute approximate surface area is 165 Å².